The number of likely N-dealkylation sites (tertiary alicyclic amines) is 1. The van der Waals surface area contributed by atoms with Crippen molar-refractivity contribution in [3.8, 4) is 5.75 Å². The Labute approximate surface area is 130 Å². The Kier molecular flexibility index (Phi) is 3.85. The maximum absolute atomic E-state index is 12.2. The molecule has 3 heterocycles. The number of aromatic nitrogens is 1. The molecule has 0 spiro atoms. The average molecular weight is 305 g/mol. The van der Waals surface area contributed by atoms with Crippen LogP contribution in [-0.2, 0) is 4.74 Å². The normalized spacial score (nSPS) is 24.2. The second-order valence-corrected chi connectivity index (χ2v) is 6.88. The number of carbonyl (C=O) groups is 1. The molecule has 2 atom stereocenters. The SMILES string of the molecule is CC(C)(C)OC(=O)N1CCC2Oc3cnccc3NCC2C1. The zero-order valence-electron chi connectivity index (χ0n) is 13.3. The lowest BCUT2D eigenvalue weighted by Crippen LogP contribution is -2.50. The topological polar surface area (TPSA) is 63.7 Å². The first kappa shape index (κ1) is 14.9. The summed E-state index contributed by atoms with van der Waals surface area (Å²) in [5.41, 5.74) is 0.502. The summed E-state index contributed by atoms with van der Waals surface area (Å²) in [4.78, 5) is 18.1. The Bertz CT molecular complexity index is 556. The summed E-state index contributed by atoms with van der Waals surface area (Å²) >= 11 is 0. The molecule has 1 aromatic rings. The largest absolute Gasteiger partial charge is 0.486 e. The van der Waals surface area contributed by atoms with E-state index in [9.17, 15) is 4.79 Å². The van der Waals surface area contributed by atoms with Gasteiger partial charge in [0.15, 0.2) is 5.75 Å². The molecule has 1 amide bonds. The van der Waals surface area contributed by atoms with Gasteiger partial charge in [0.25, 0.3) is 0 Å². The summed E-state index contributed by atoms with van der Waals surface area (Å²) < 4.78 is 11.6. The number of nitrogens with zero attached hydrogens (tertiary/aromatic N) is 2. The van der Waals surface area contributed by atoms with E-state index < -0.39 is 5.60 Å². The number of hydrogen-bond donors (Lipinski definition) is 1. The van der Waals surface area contributed by atoms with E-state index in [-0.39, 0.29) is 18.1 Å². The third-order valence-corrected chi connectivity index (χ3v) is 3.93. The van der Waals surface area contributed by atoms with Crippen molar-refractivity contribution in [2.45, 2.75) is 38.9 Å². The molecular weight excluding hydrogens is 282 g/mol. The van der Waals surface area contributed by atoms with Crippen LogP contribution in [0.4, 0.5) is 10.5 Å². The van der Waals surface area contributed by atoms with E-state index in [2.05, 4.69) is 10.3 Å². The Morgan fingerprint density at radius 2 is 2.32 bits per heavy atom. The summed E-state index contributed by atoms with van der Waals surface area (Å²) in [6.45, 7) is 7.74. The molecule has 0 aliphatic carbocycles. The molecule has 22 heavy (non-hydrogen) atoms. The predicted molar refractivity (Wildman–Crippen MR) is 83.1 cm³/mol. The number of pyridine rings is 1. The monoisotopic (exact) mass is 305 g/mol. The summed E-state index contributed by atoms with van der Waals surface area (Å²) in [5.74, 6) is 1.04. The molecule has 2 aliphatic rings. The van der Waals surface area contributed by atoms with Crippen molar-refractivity contribution < 1.29 is 14.3 Å². The van der Waals surface area contributed by atoms with Crippen LogP contribution in [0.1, 0.15) is 27.2 Å². The maximum atomic E-state index is 12.2. The quantitative estimate of drug-likeness (QED) is 0.798. The van der Waals surface area contributed by atoms with E-state index in [1.165, 1.54) is 0 Å². The van der Waals surface area contributed by atoms with Gasteiger partial charge in [-0.3, -0.25) is 4.98 Å². The van der Waals surface area contributed by atoms with Crippen molar-refractivity contribution in [3.05, 3.63) is 18.5 Å². The first-order valence-corrected chi connectivity index (χ1v) is 7.75. The zero-order valence-corrected chi connectivity index (χ0v) is 13.3. The Morgan fingerprint density at radius 1 is 1.50 bits per heavy atom. The predicted octanol–water partition coefficient (Wildman–Crippen LogP) is 2.51. The summed E-state index contributed by atoms with van der Waals surface area (Å²) in [7, 11) is 0. The minimum atomic E-state index is -0.464. The fourth-order valence-electron chi connectivity index (χ4n) is 2.88. The van der Waals surface area contributed by atoms with Gasteiger partial charge in [-0.2, -0.15) is 0 Å². The molecular formula is C16H23N3O3. The van der Waals surface area contributed by atoms with Crippen LogP contribution in [0, 0.1) is 5.92 Å². The molecule has 0 bridgehead atoms. The smallest absolute Gasteiger partial charge is 0.410 e. The fourth-order valence-corrected chi connectivity index (χ4v) is 2.88. The average Bonchev–Trinajstić information content (AvgIpc) is 2.63. The van der Waals surface area contributed by atoms with Gasteiger partial charge in [0.1, 0.15) is 11.7 Å². The molecule has 0 saturated carbocycles. The van der Waals surface area contributed by atoms with Crippen LogP contribution in [0.15, 0.2) is 18.5 Å². The fraction of sp³-hybridized carbons (Fsp3) is 0.625. The van der Waals surface area contributed by atoms with Gasteiger partial charge in [0.05, 0.1) is 11.9 Å². The number of nitrogens with one attached hydrogen (secondary N) is 1. The highest BCUT2D eigenvalue weighted by Crippen LogP contribution is 2.32. The molecule has 6 nitrogen and oxygen atoms in total. The number of amides is 1. The second kappa shape index (κ2) is 5.66. The van der Waals surface area contributed by atoms with Crippen LogP contribution >= 0.6 is 0 Å². The highest BCUT2D eigenvalue weighted by Gasteiger charge is 2.36. The van der Waals surface area contributed by atoms with Gasteiger partial charge in [-0.1, -0.05) is 0 Å². The summed E-state index contributed by atoms with van der Waals surface area (Å²) in [6, 6.07) is 1.91. The van der Waals surface area contributed by atoms with Gasteiger partial charge in [0.2, 0.25) is 0 Å². The Morgan fingerprint density at radius 3 is 3.09 bits per heavy atom. The van der Waals surface area contributed by atoms with Crippen molar-refractivity contribution in [3.63, 3.8) is 0 Å². The third-order valence-electron chi connectivity index (χ3n) is 3.93. The van der Waals surface area contributed by atoms with Crippen LogP contribution < -0.4 is 10.1 Å². The zero-order chi connectivity index (χ0) is 15.7. The lowest BCUT2D eigenvalue weighted by atomic mass is 9.95. The van der Waals surface area contributed by atoms with Crippen LogP contribution in [0.5, 0.6) is 5.75 Å². The van der Waals surface area contributed by atoms with Gasteiger partial charge in [-0.25, -0.2) is 4.79 Å². The van der Waals surface area contributed by atoms with E-state index >= 15 is 0 Å². The first-order chi connectivity index (χ1) is 10.4. The molecule has 0 radical (unpaired) electrons. The van der Waals surface area contributed by atoms with Crippen LogP contribution in [-0.4, -0.2) is 47.3 Å². The number of ether oxygens (including phenoxy) is 2. The van der Waals surface area contributed by atoms with Gasteiger partial charge in [0, 0.05) is 38.2 Å². The van der Waals surface area contributed by atoms with Crippen molar-refractivity contribution >= 4 is 11.8 Å². The molecule has 0 aromatic carbocycles. The Balaban J connectivity index is 1.66. The minimum Gasteiger partial charge on any atom is -0.486 e. The molecule has 2 aliphatic heterocycles. The number of anilines is 1. The molecule has 1 aromatic heterocycles. The van der Waals surface area contributed by atoms with Crippen LogP contribution in [0.2, 0.25) is 0 Å². The number of piperidine rings is 1. The summed E-state index contributed by atoms with van der Waals surface area (Å²) in [5, 5.41) is 3.39. The van der Waals surface area contributed by atoms with Crippen molar-refractivity contribution in [2.75, 3.05) is 25.0 Å². The molecule has 6 heteroatoms. The highest BCUT2D eigenvalue weighted by atomic mass is 16.6. The number of rotatable bonds is 0. The van der Waals surface area contributed by atoms with E-state index in [1.54, 1.807) is 17.3 Å². The van der Waals surface area contributed by atoms with Crippen molar-refractivity contribution in [2.24, 2.45) is 5.92 Å². The van der Waals surface area contributed by atoms with Gasteiger partial charge < -0.3 is 19.7 Å². The second-order valence-electron chi connectivity index (χ2n) is 6.88. The number of hydrogen-bond acceptors (Lipinski definition) is 5. The van der Waals surface area contributed by atoms with E-state index in [4.69, 9.17) is 9.47 Å². The molecule has 2 unspecified atom stereocenters. The molecule has 120 valence electrons. The van der Waals surface area contributed by atoms with Gasteiger partial charge in [-0.15, -0.1) is 0 Å². The molecule has 1 N–H and O–H groups in total. The third kappa shape index (κ3) is 3.26. The molecule has 1 fully saturated rings. The first-order valence-electron chi connectivity index (χ1n) is 7.75. The maximum Gasteiger partial charge on any atom is 0.410 e. The molecule has 3 rings (SSSR count). The number of fused-ring (bicyclic) bond motifs is 2. The van der Waals surface area contributed by atoms with Crippen molar-refractivity contribution in [1.29, 1.82) is 0 Å². The number of carbonyl (C=O) groups excluding carboxylic acids is 1. The Hall–Kier alpha value is -1.98. The van der Waals surface area contributed by atoms with Gasteiger partial charge >= 0.3 is 6.09 Å². The van der Waals surface area contributed by atoms with E-state index in [0.717, 1.165) is 24.4 Å². The molecule has 1 saturated heterocycles. The minimum absolute atomic E-state index is 0.108. The summed E-state index contributed by atoms with van der Waals surface area (Å²) in [6.07, 6.45) is 4.16. The lowest BCUT2D eigenvalue weighted by molar-refractivity contribution is 0.000613. The lowest BCUT2D eigenvalue weighted by Gasteiger charge is -2.37. The van der Waals surface area contributed by atoms with E-state index in [0.29, 0.717) is 13.1 Å². The highest BCUT2D eigenvalue weighted by molar-refractivity contribution is 5.68. The van der Waals surface area contributed by atoms with Crippen molar-refractivity contribution in [1.82, 2.24) is 9.88 Å². The van der Waals surface area contributed by atoms with E-state index in [1.807, 2.05) is 26.8 Å². The van der Waals surface area contributed by atoms with Crippen LogP contribution in [0.25, 0.3) is 0 Å². The standard InChI is InChI=1S/C16H23N3O3/c1-16(2,3)22-15(20)19-7-5-13-11(10-19)8-18-12-4-6-17-9-14(12)21-13/h4,6,9,11,13,18H,5,7-8,10H2,1-3H3. The van der Waals surface area contributed by atoms with Gasteiger partial charge in [-0.05, 0) is 26.8 Å². The van der Waals surface area contributed by atoms with Crippen LogP contribution in [0.3, 0.4) is 0 Å².